The lowest BCUT2D eigenvalue weighted by molar-refractivity contribution is -0.133. The number of rotatable bonds is 4. The van der Waals surface area contributed by atoms with Gasteiger partial charge in [-0.3, -0.25) is 9.59 Å². The Labute approximate surface area is 126 Å². The molecule has 0 aliphatic carbocycles. The number of carbonyl (C=O) groups excluding carboxylic acids is 2. The standard InChI is InChI=1S/C17H24N2O2/c1-13-7-6-10-19(12-13)17(21)11-16(18-14(2)20)15-8-4-3-5-9-15/h3-5,8-9,13,16H,6-7,10-12H2,1-2H3,(H,18,20)/t13-,16+/m0/s1. The van der Waals surface area contributed by atoms with Gasteiger partial charge in [0.2, 0.25) is 11.8 Å². The van der Waals surface area contributed by atoms with Gasteiger partial charge in [0.15, 0.2) is 0 Å². The van der Waals surface area contributed by atoms with E-state index in [0.29, 0.717) is 12.3 Å². The Bertz CT molecular complexity index is 487. The first-order valence-corrected chi connectivity index (χ1v) is 7.66. The van der Waals surface area contributed by atoms with Crippen molar-refractivity contribution < 1.29 is 9.59 Å². The van der Waals surface area contributed by atoms with Crippen molar-refractivity contribution in [1.82, 2.24) is 10.2 Å². The van der Waals surface area contributed by atoms with Gasteiger partial charge in [-0.1, -0.05) is 37.3 Å². The maximum Gasteiger partial charge on any atom is 0.224 e. The van der Waals surface area contributed by atoms with Crippen LogP contribution in [0.5, 0.6) is 0 Å². The highest BCUT2D eigenvalue weighted by atomic mass is 16.2. The summed E-state index contributed by atoms with van der Waals surface area (Å²) in [4.78, 5) is 25.8. The molecule has 1 saturated heterocycles. The Balaban J connectivity index is 2.04. The summed E-state index contributed by atoms with van der Waals surface area (Å²) >= 11 is 0. The Kier molecular flexibility index (Phi) is 5.37. The Morgan fingerprint density at radius 2 is 2.05 bits per heavy atom. The lowest BCUT2D eigenvalue weighted by atomic mass is 9.98. The zero-order chi connectivity index (χ0) is 15.2. The number of carbonyl (C=O) groups is 2. The normalized spacial score (nSPS) is 19.9. The van der Waals surface area contributed by atoms with Crippen molar-refractivity contribution in [2.45, 2.75) is 39.2 Å². The van der Waals surface area contributed by atoms with Gasteiger partial charge < -0.3 is 10.2 Å². The highest BCUT2D eigenvalue weighted by Gasteiger charge is 2.24. The van der Waals surface area contributed by atoms with E-state index >= 15 is 0 Å². The smallest absolute Gasteiger partial charge is 0.224 e. The second-order valence-corrected chi connectivity index (χ2v) is 5.96. The first-order chi connectivity index (χ1) is 10.1. The van der Waals surface area contributed by atoms with E-state index in [1.165, 1.54) is 13.3 Å². The molecular formula is C17H24N2O2. The van der Waals surface area contributed by atoms with E-state index in [-0.39, 0.29) is 17.9 Å². The number of piperidine rings is 1. The Morgan fingerprint density at radius 3 is 2.67 bits per heavy atom. The molecule has 0 aromatic heterocycles. The van der Waals surface area contributed by atoms with Crippen LogP contribution in [0.25, 0.3) is 0 Å². The van der Waals surface area contributed by atoms with Gasteiger partial charge in [0, 0.05) is 20.0 Å². The van der Waals surface area contributed by atoms with Crippen LogP contribution in [0.15, 0.2) is 30.3 Å². The molecule has 1 aromatic rings. The fraction of sp³-hybridized carbons (Fsp3) is 0.529. The highest BCUT2D eigenvalue weighted by Crippen LogP contribution is 2.21. The zero-order valence-electron chi connectivity index (χ0n) is 12.8. The molecule has 2 amide bonds. The second-order valence-electron chi connectivity index (χ2n) is 5.96. The molecule has 1 aromatic carbocycles. The second kappa shape index (κ2) is 7.25. The molecule has 1 N–H and O–H groups in total. The molecule has 2 rings (SSSR count). The summed E-state index contributed by atoms with van der Waals surface area (Å²) in [5, 5.41) is 2.89. The third kappa shape index (κ3) is 4.59. The number of benzene rings is 1. The molecular weight excluding hydrogens is 264 g/mol. The number of nitrogens with one attached hydrogen (secondary N) is 1. The summed E-state index contributed by atoms with van der Waals surface area (Å²) in [6.45, 7) is 5.34. The third-order valence-corrected chi connectivity index (χ3v) is 3.97. The van der Waals surface area contributed by atoms with Gasteiger partial charge in [-0.2, -0.15) is 0 Å². The van der Waals surface area contributed by atoms with Gasteiger partial charge in [0.1, 0.15) is 0 Å². The van der Waals surface area contributed by atoms with Crippen LogP contribution in [0, 0.1) is 5.92 Å². The Hall–Kier alpha value is -1.84. The van der Waals surface area contributed by atoms with Crippen LogP contribution in [0.4, 0.5) is 0 Å². The van der Waals surface area contributed by atoms with Crippen molar-refractivity contribution >= 4 is 11.8 Å². The molecule has 1 aliphatic heterocycles. The van der Waals surface area contributed by atoms with Crippen molar-refractivity contribution in [2.75, 3.05) is 13.1 Å². The summed E-state index contributed by atoms with van der Waals surface area (Å²) in [6, 6.07) is 9.45. The van der Waals surface area contributed by atoms with Crippen LogP contribution >= 0.6 is 0 Å². The summed E-state index contributed by atoms with van der Waals surface area (Å²) in [5.74, 6) is 0.589. The predicted molar refractivity (Wildman–Crippen MR) is 82.6 cm³/mol. The summed E-state index contributed by atoms with van der Waals surface area (Å²) in [6.07, 6.45) is 2.59. The van der Waals surface area contributed by atoms with Crippen molar-refractivity contribution in [2.24, 2.45) is 5.92 Å². The molecule has 0 unspecified atom stereocenters. The minimum atomic E-state index is -0.242. The maximum atomic E-state index is 12.5. The predicted octanol–water partition coefficient (Wildman–Crippen LogP) is 2.51. The SMILES string of the molecule is CC(=O)N[C@H](CC(=O)N1CCC[C@H](C)C1)c1ccccc1. The molecule has 1 aliphatic rings. The molecule has 2 atom stereocenters. The third-order valence-electron chi connectivity index (χ3n) is 3.97. The maximum absolute atomic E-state index is 12.5. The quantitative estimate of drug-likeness (QED) is 0.925. The summed E-state index contributed by atoms with van der Waals surface area (Å²) < 4.78 is 0. The minimum absolute atomic E-state index is 0.108. The molecule has 0 spiro atoms. The van der Waals surface area contributed by atoms with Gasteiger partial charge in [-0.15, -0.1) is 0 Å². The average Bonchev–Trinajstić information content (AvgIpc) is 2.47. The summed E-state index contributed by atoms with van der Waals surface area (Å²) in [7, 11) is 0. The van der Waals surface area contributed by atoms with Crippen LogP contribution in [0.2, 0.25) is 0 Å². The van der Waals surface area contributed by atoms with Gasteiger partial charge >= 0.3 is 0 Å². The van der Waals surface area contributed by atoms with E-state index in [1.54, 1.807) is 0 Å². The first kappa shape index (κ1) is 15.5. The lowest BCUT2D eigenvalue weighted by Gasteiger charge is -2.32. The summed E-state index contributed by atoms with van der Waals surface area (Å²) in [5.41, 5.74) is 0.978. The fourth-order valence-corrected chi connectivity index (χ4v) is 2.90. The fourth-order valence-electron chi connectivity index (χ4n) is 2.90. The zero-order valence-corrected chi connectivity index (χ0v) is 12.8. The van der Waals surface area contributed by atoms with Crippen molar-refractivity contribution in [1.29, 1.82) is 0 Å². The van der Waals surface area contributed by atoms with E-state index < -0.39 is 0 Å². The van der Waals surface area contributed by atoms with Gasteiger partial charge in [0.05, 0.1) is 12.5 Å². The van der Waals surface area contributed by atoms with Crippen LogP contribution in [-0.4, -0.2) is 29.8 Å². The largest absolute Gasteiger partial charge is 0.349 e. The van der Waals surface area contributed by atoms with E-state index in [4.69, 9.17) is 0 Å². The van der Waals surface area contributed by atoms with E-state index in [0.717, 1.165) is 25.1 Å². The molecule has 21 heavy (non-hydrogen) atoms. The van der Waals surface area contributed by atoms with Crippen molar-refractivity contribution in [3.63, 3.8) is 0 Å². The van der Waals surface area contributed by atoms with E-state index in [1.807, 2.05) is 35.2 Å². The van der Waals surface area contributed by atoms with Gasteiger partial charge in [-0.05, 0) is 24.3 Å². The number of hydrogen-bond donors (Lipinski definition) is 1. The van der Waals surface area contributed by atoms with Crippen LogP contribution in [-0.2, 0) is 9.59 Å². The molecule has 4 heteroatoms. The molecule has 1 fully saturated rings. The van der Waals surface area contributed by atoms with Gasteiger partial charge in [0.25, 0.3) is 0 Å². The molecule has 4 nitrogen and oxygen atoms in total. The molecule has 0 bridgehead atoms. The number of hydrogen-bond acceptors (Lipinski definition) is 2. The van der Waals surface area contributed by atoms with Crippen molar-refractivity contribution in [3.8, 4) is 0 Å². The van der Waals surface area contributed by atoms with E-state index in [9.17, 15) is 9.59 Å². The highest BCUT2D eigenvalue weighted by molar-refractivity contribution is 5.79. The molecule has 0 radical (unpaired) electrons. The molecule has 114 valence electrons. The topological polar surface area (TPSA) is 49.4 Å². The average molecular weight is 288 g/mol. The van der Waals surface area contributed by atoms with Crippen LogP contribution in [0.1, 0.15) is 44.7 Å². The van der Waals surface area contributed by atoms with E-state index in [2.05, 4.69) is 12.2 Å². The monoisotopic (exact) mass is 288 g/mol. The molecule has 1 heterocycles. The number of likely N-dealkylation sites (tertiary alicyclic amines) is 1. The van der Waals surface area contributed by atoms with Crippen LogP contribution < -0.4 is 5.32 Å². The number of nitrogens with zero attached hydrogens (tertiary/aromatic N) is 1. The number of amides is 2. The Morgan fingerprint density at radius 1 is 1.33 bits per heavy atom. The molecule has 0 saturated carbocycles. The van der Waals surface area contributed by atoms with Crippen molar-refractivity contribution in [3.05, 3.63) is 35.9 Å². The van der Waals surface area contributed by atoms with Gasteiger partial charge in [-0.25, -0.2) is 0 Å². The lowest BCUT2D eigenvalue weighted by Crippen LogP contribution is -2.41. The van der Waals surface area contributed by atoms with Crippen LogP contribution in [0.3, 0.4) is 0 Å². The first-order valence-electron chi connectivity index (χ1n) is 7.66. The minimum Gasteiger partial charge on any atom is -0.349 e.